The van der Waals surface area contributed by atoms with Crippen LogP contribution >= 0.6 is 7.82 Å². The second-order valence-corrected chi connectivity index (χ2v) is 9.55. The van der Waals surface area contributed by atoms with E-state index in [0.29, 0.717) is 6.61 Å². The Hall–Kier alpha value is -0.710. The molecule has 0 bridgehead atoms. The van der Waals surface area contributed by atoms with E-state index in [1.807, 2.05) is 30.3 Å². The molecule has 0 aromatic heterocycles. The van der Waals surface area contributed by atoms with Gasteiger partial charge in [-0.1, -0.05) is 121 Å². The van der Waals surface area contributed by atoms with Gasteiger partial charge in [-0.3, -0.25) is 9.05 Å². The second kappa shape index (κ2) is 19.0. The molecule has 0 amide bonds. The molecule has 1 aromatic rings. The zero-order valence-electron chi connectivity index (χ0n) is 19.2. The molecule has 5 nitrogen and oxygen atoms in total. The molecule has 0 saturated heterocycles. The summed E-state index contributed by atoms with van der Waals surface area (Å²) >= 11 is 0. The number of hydrogen-bond donors (Lipinski definition) is 0. The summed E-state index contributed by atoms with van der Waals surface area (Å²) in [6.45, 7) is 2.80. The lowest BCUT2D eigenvalue weighted by atomic mass is 10.0. The van der Waals surface area contributed by atoms with Gasteiger partial charge in [0.15, 0.2) is 0 Å². The van der Waals surface area contributed by atoms with E-state index in [2.05, 4.69) is 6.92 Å². The fraction of sp³-hybridized carbons (Fsp3) is 0.750. The van der Waals surface area contributed by atoms with Gasteiger partial charge in [-0.05, 0) is 12.0 Å². The molecule has 0 N–H and O–H groups in total. The Kier molecular flexibility index (Phi) is 17.3. The molecule has 1 unspecified atom stereocenters. The third-order valence-electron chi connectivity index (χ3n) is 5.18. The van der Waals surface area contributed by atoms with Gasteiger partial charge in [0.05, 0.1) is 6.61 Å². The molecular weight excluding hydrogens is 399 g/mol. The van der Waals surface area contributed by atoms with Crippen LogP contribution in [0.2, 0.25) is 0 Å². The van der Waals surface area contributed by atoms with Gasteiger partial charge in [0.2, 0.25) is 0 Å². The van der Waals surface area contributed by atoms with Crippen molar-refractivity contribution in [2.24, 2.45) is 0 Å². The van der Waals surface area contributed by atoms with Crippen LogP contribution in [0, 0.1) is 0 Å². The molecule has 0 aliphatic rings. The zero-order chi connectivity index (χ0) is 21.8. The van der Waals surface area contributed by atoms with Crippen LogP contribution in [0.4, 0.5) is 0 Å². The summed E-state index contributed by atoms with van der Waals surface area (Å²) in [5.74, 6) is 0. The third-order valence-corrected chi connectivity index (χ3v) is 6.42. The standard InChI is InChI=1S/C24H43O5P/c1-3-4-5-6-7-8-9-10-11-12-13-14-15-19-22-28-30(25,26-2)29-27-23-24-20-17-16-18-21-24/h16-18,20-21H,3-15,19,22-23H2,1-2H3. The summed E-state index contributed by atoms with van der Waals surface area (Å²) in [6, 6.07) is 9.53. The minimum Gasteiger partial charge on any atom is -0.289 e. The Balaban J connectivity index is 1.91. The Morgan fingerprint density at radius 1 is 0.733 bits per heavy atom. The highest BCUT2D eigenvalue weighted by molar-refractivity contribution is 7.48. The summed E-state index contributed by atoms with van der Waals surface area (Å²) in [4.78, 5) is 5.04. The Morgan fingerprint density at radius 2 is 1.23 bits per heavy atom. The quantitative estimate of drug-likeness (QED) is 0.0828. The fourth-order valence-corrected chi connectivity index (χ4v) is 4.05. The van der Waals surface area contributed by atoms with E-state index < -0.39 is 7.82 Å². The molecular formula is C24H43O5P. The van der Waals surface area contributed by atoms with Crippen molar-refractivity contribution in [3.63, 3.8) is 0 Å². The van der Waals surface area contributed by atoms with Crippen molar-refractivity contribution in [1.82, 2.24) is 0 Å². The summed E-state index contributed by atoms with van der Waals surface area (Å²) in [7, 11) is -2.34. The van der Waals surface area contributed by atoms with Crippen molar-refractivity contribution in [1.29, 1.82) is 0 Å². The molecule has 0 spiro atoms. The third kappa shape index (κ3) is 15.1. The topological polar surface area (TPSA) is 54.0 Å². The lowest BCUT2D eigenvalue weighted by Gasteiger charge is -2.14. The number of unbranched alkanes of at least 4 members (excludes halogenated alkanes) is 13. The average molecular weight is 443 g/mol. The van der Waals surface area contributed by atoms with Crippen molar-refractivity contribution in [3.8, 4) is 0 Å². The van der Waals surface area contributed by atoms with Gasteiger partial charge in [-0.15, -0.1) is 4.67 Å². The Labute approximate surface area is 184 Å². The molecule has 0 fully saturated rings. The Bertz CT molecular complexity index is 538. The number of phosphoric acid groups is 1. The molecule has 174 valence electrons. The predicted octanol–water partition coefficient (Wildman–Crippen LogP) is 8.39. The first-order valence-corrected chi connectivity index (χ1v) is 13.3. The smallest absolute Gasteiger partial charge is 0.289 e. The largest absolute Gasteiger partial charge is 0.501 e. The maximum absolute atomic E-state index is 12.3. The molecule has 6 heteroatoms. The Morgan fingerprint density at radius 3 is 1.73 bits per heavy atom. The number of hydrogen-bond acceptors (Lipinski definition) is 5. The number of rotatable bonds is 21. The molecule has 30 heavy (non-hydrogen) atoms. The first-order chi connectivity index (χ1) is 14.7. The summed E-state index contributed by atoms with van der Waals surface area (Å²) in [5, 5.41) is 0. The van der Waals surface area contributed by atoms with Crippen LogP contribution in [0.25, 0.3) is 0 Å². The average Bonchev–Trinajstić information content (AvgIpc) is 2.77. The van der Waals surface area contributed by atoms with E-state index >= 15 is 0 Å². The van der Waals surface area contributed by atoms with E-state index in [-0.39, 0.29) is 6.61 Å². The van der Waals surface area contributed by atoms with E-state index in [9.17, 15) is 4.57 Å². The monoisotopic (exact) mass is 442 g/mol. The van der Waals surface area contributed by atoms with Gasteiger partial charge in [-0.2, -0.15) is 0 Å². The van der Waals surface area contributed by atoms with Crippen molar-refractivity contribution < 1.29 is 23.2 Å². The van der Waals surface area contributed by atoms with Crippen molar-refractivity contribution >= 4 is 7.82 Å². The van der Waals surface area contributed by atoms with Gasteiger partial charge >= 0.3 is 7.82 Å². The first-order valence-electron chi connectivity index (χ1n) is 11.9. The van der Waals surface area contributed by atoms with Crippen LogP contribution in [0.3, 0.4) is 0 Å². The fourth-order valence-electron chi connectivity index (χ4n) is 3.31. The summed E-state index contributed by atoms with van der Waals surface area (Å²) in [5.41, 5.74) is 0.923. The van der Waals surface area contributed by atoms with Crippen molar-refractivity contribution in [2.45, 2.75) is 103 Å². The molecule has 0 radical (unpaired) electrons. The van der Waals surface area contributed by atoms with Crippen LogP contribution in [0.15, 0.2) is 30.3 Å². The SMILES string of the molecule is CCCCCCCCCCCCCCCCOP(=O)(OC)OOCc1ccccc1. The van der Waals surface area contributed by atoms with E-state index in [0.717, 1.165) is 18.4 Å². The van der Waals surface area contributed by atoms with Crippen LogP contribution < -0.4 is 0 Å². The molecule has 0 aliphatic heterocycles. The van der Waals surface area contributed by atoms with Crippen molar-refractivity contribution in [3.05, 3.63) is 35.9 Å². The lowest BCUT2D eigenvalue weighted by Crippen LogP contribution is -2.01. The van der Waals surface area contributed by atoms with Crippen LogP contribution in [0.1, 0.15) is 102 Å². The van der Waals surface area contributed by atoms with Crippen LogP contribution in [0.5, 0.6) is 0 Å². The highest BCUT2D eigenvalue weighted by Crippen LogP contribution is 2.49. The van der Waals surface area contributed by atoms with Crippen LogP contribution in [-0.4, -0.2) is 13.7 Å². The molecule has 1 aromatic carbocycles. The summed E-state index contributed by atoms with van der Waals surface area (Å²) in [6.07, 6.45) is 18.1. The molecule has 1 atom stereocenters. The number of benzene rings is 1. The second-order valence-electron chi connectivity index (χ2n) is 7.88. The van der Waals surface area contributed by atoms with Crippen molar-refractivity contribution in [2.75, 3.05) is 13.7 Å². The minimum absolute atomic E-state index is 0.191. The maximum atomic E-state index is 12.3. The van der Waals surface area contributed by atoms with E-state index in [1.54, 1.807) is 0 Å². The van der Waals surface area contributed by atoms with Gasteiger partial charge in [0, 0.05) is 7.11 Å². The van der Waals surface area contributed by atoms with Gasteiger partial charge in [0.1, 0.15) is 6.61 Å². The lowest BCUT2D eigenvalue weighted by molar-refractivity contribution is -0.235. The normalized spacial score (nSPS) is 13.4. The molecule has 0 saturated carbocycles. The van der Waals surface area contributed by atoms with Gasteiger partial charge in [-0.25, -0.2) is 9.45 Å². The zero-order valence-corrected chi connectivity index (χ0v) is 20.1. The maximum Gasteiger partial charge on any atom is 0.501 e. The summed E-state index contributed by atoms with van der Waals surface area (Å²) < 4.78 is 27.4. The molecule has 0 aliphatic carbocycles. The highest BCUT2D eigenvalue weighted by Gasteiger charge is 2.26. The first kappa shape index (κ1) is 27.3. The molecule has 0 heterocycles. The van der Waals surface area contributed by atoms with Crippen LogP contribution in [-0.2, 0) is 29.8 Å². The van der Waals surface area contributed by atoms with E-state index in [1.165, 1.54) is 84.2 Å². The van der Waals surface area contributed by atoms with Gasteiger partial charge < -0.3 is 0 Å². The van der Waals surface area contributed by atoms with Gasteiger partial charge in [0.25, 0.3) is 0 Å². The number of phosphoric ester groups is 1. The highest BCUT2D eigenvalue weighted by atomic mass is 31.2. The van der Waals surface area contributed by atoms with E-state index in [4.69, 9.17) is 18.6 Å². The predicted molar refractivity (Wildman–Crippen MR) is 123 cm³/mol. The minimum atomic E-state index is -3.65. The molecule has 1 rings (SSSR count).